The van der Waals surface area contributed by atoms with Gasteiger partial charge in [0.25, 0.3) is 0 Å². The number of thioether (sulfide) groups is 1. The molecule has 0 aliphatic heterocycles. The van der Waals surface area contributed by atoms with Crippen molar-refractivity contribution in [1.29, 1.82) is 5.26 Å². The van der Waals surface area contributed by atoms with Crippen molar-refractivity contribution < 1.29 is 4.74 Å². The third-order valence-electron chi connectivity index (χ3n) is 4.06. The molecule has 0 saturated carbocycles. The van der Waals surface area contributed by atoms with Crippen molar-refractivity contribution in [2.45, 2.75) is 37.4 Å². The maximum Gasteiger partial charge on any atom is 0.191 e. The van der Waals surface area contributed by atoms with Gasteiger partial charge in [0.1, 0.15) is 5.75 Å². The molecule has 0 bridgehead atoms. The molecule has 0 spiro atoms. The molecule has 0 N–H and O–H groups in total. The Labute approximate surface area is 167 Å². The Balaban J connectivity index is 1.76. The minimum atomic E-state index is -0.293. The summed E-state index contributed by atoms with van der Waals surface area (Å²) >= 11 is 7.74. The monoisotopic (exact) mass is 398 g/mol. The molecule has 0 saturated heterocycles. The van der Waals surface area contributed by atoms with Crippen LogP contribution in [-0.4, -0.2) is 14.8 Å². The van der Waals surface area contributed by atoms with Crippen molar-refractivity contribution in [2.75, 3.05) is 0 Å². The lowest BCUT2D eigenvalue weighted by Crippen LogP contribution is -2.12. The molecule has 1 aromatic heterocycles. The largest absolute Gasteiger partial charge is 0.481 e. The van der Waals surface area contributed by atoms with E-state index in [1.807, 2.05) is 60.9 Å². The van der Waals surface area contributed by atoms with Crippen LogP contribution in [0.15, 0.2) is 53.7 Å². The topological polar surface area (TPSA) is 63.7 Å². The number of hydrogen-bond acceptors (Lipinski definition) is 5. The Morgan fingerprint density at radius 1 is 1.19 bits per heavy atom. The van der Waals surface area contributed by atoms with Crippen molar-refractivity contribution in [3.05, 3.63) is 70.5 Å². The van der Waals surface area contributed by atoms with Crippen LogP contribution in [0.3, 0.4) is 0 Å². The summed E-state index contributed by atoms with van der Waals surface area (Å²) in [5.41, 5.74) is 1.67. The van der Waals surface area contributed by atoms with Gasteiger partial charge in [-0.15, -0.1) is 10.2 Å². The number of benzene rings is 2. The second-order valence-electron chi connectivity index (χ2n) is 5.83. The van der Waals surface area contributed by atoms with E-state index in [0.29, 0.717) is 22.1 Å². The lowest BCUT2D eigenvalue weighted by atomic mass is 10.1. The minimum Gasteiger partial charge on any atom is -0.481 e. The third-order valence-corrected chi connectivity index (χ3v) is 5.39. The van der Waals surface area contributed by atoms with Gasteiger partial charge in [0.15, 0.2) is 17.1 Å². The normalized spacial score (nSPS) is 11.8. The zero-order chi connectivity index (χ0) is 19.2. The van der Waals surface area contributed by atoms with Gasteiger partial charge >= 0.3 is 0 Å². The van der Waals surface area contributed by atoms with Gasteiger partial charge in [0.05, 0.1) is 16.7 Å². The summed E-state index contributed by atoms with van der Waals surface area (Å²) in [6.07, 6.45) is -0.293. The molecule has 27 heavy (non-hydrogen) atoms. The fourth-order valence-corrected chi connectivity index (χ4v) is 3.88. The molecular weight excluding hydrogens is 380 g/mol. The van der Waals surface area contributed by atoms with E-state index in [0.717, 1.165) is 23.1 Å². The Hall–Kier alpha value is -2.49. The van der Waals surface area contributed by atoms with Crippen LogP contribution >= 0.6 is 23.4 Å². The van der Waals surface area contributed by atoms with E-state index < -0.39 is 0 Å². The molecule has 0 aliphatic rings. The summed E-state index contributed by atoms with van der Waals surface area (Å²) in [5.74, 6) is 2.02. The maximum atomic E-state index is 9.24. The van der Waals surface area contributed by atoms with E-state index in [4.69, 9.17) is 16.3 Å². The number of nitrogens with zero attached hydrogens (tertiary/aromatic N) is 4. The van der Waals surface area contributed by atoms with Gasteiger partial charge in [-0.1, -0.05) is 53.7 Å². The molecule has 138 valence electrons. The van der Waals surface area contributed by atoms with Crippen molar-refractivity contribution in [1.82, 2.24) is 14.8 Å². The first-order valence-electron chi connectivity index (χ1n) is 8.59. The molecule has 1 atom stereocenters. The van der Waals surface area contributed by atoms with E-state index in [2.05, 4.69) is 16.3 Å². The van der Waals surface area contributed by atoms with E-state index in [1.54, 1.807) is 17.8 Å². The zero-order valence-corrected chi connectivity index (χ0v) is 16.7. The number of rotatable bonds is 7. The minimum absolute atomic E-state index is 0.293. The highest BCUT2D eigenvalue weighted by molar-refractivity contribution is 7.98. The van der Waals surface area contributed by atoms with Crippen molar-refractivity contribution in [2.24, 2.45) is 0 Å². The molecule has 5 nitrogen and oxygen atoms in total. The molecule has 0 radical (unpaired) electrons. The summed E-state index contributed by atoms with van der Waals surface area (Å²) in [6.45, 7) is 4.70. The Kier molecular flexibility index (Phi) is 6.38. The molecule has 0 aliphatic carbocycles. The third kappa shape index (κ3) is 4.44. The van der Waals surface area contributed by atoms with Crippen LogP contribution in [0.1, 0.15) is 36.9 Å². The van der Waals surface area contributed by atoms with E-state index >= 15 is 0 Å². The highest BCUT2D eigenvalue weighted by Gasteiger charge is 2.19. The Bertz CT molecular complexity index is 967. The van der Waals surface area contributed by atoms with Gasteiger partial charge in [0.2, 0.25) is 0 Å². The van der Waals surface area contributed by atoms with Gasteiger partial charge in [0, 0.05) is 12.3 Å². The lowest BCUT2D eigenvalue weighted by molar-refractivity contribution is 0.210. The summed E-state index contributed by atoms with van der Waals surface area (Å²) < 4.78 is 8.01. The van der Waals surface area contributed by atoms with E-state index in [-0.39, 0.29) is 6.10 Å². The second kappa shape index (κ2) is 8.94. The molecule has 3 rings (SSSR count). The standard InChI is InChI=1S/C20H19ClN4OS/c1-3-25-19(14(2)26-18-11-7-6-10-17(18)21)23-24-20(25)27-13-16-9-5-4-8-15(16)12-22/h4-11,14H,3,13H2,1-2H3. The first-order chi connectivity index (χ1) is 13.1. The highest BCUT2D eigenvalue weighted by atomic mass is 35.5. The summed E-state index contributed by atoms with van der Waals surface area (Å²) in [4.78, 5) is 0. The average Bonchev–Trinajstić information content (AvgIpc) is 3.11. The van der Waals surface area contributed by atoms with Crippen LogP contribution in [0.2, 0.25) is 5.02 Å². The fraction of sp³-hybridized carbons (Fsp3) is 0.250. The fourth-order valence-electron chi connectivity index (χ4n) is 2.69. The lowest BCUT2D eigenvalue weighted by Gasteiger charge is -2.16. The first-order valence-corrected chi connectivity index (χ1v) is 9.95. The predicted molar refractivity (Wildman–Crippen MR) is 107 cm³/mol. The first kappa shape index (κ1) is 19.3. The van der Waals surface area contributed by atoms with Crippen LogP contribution < -0.4 is 4.74 Å². The van der Waals surface area contributed by atoms with Crippen molar-refractivity contribution >= 4 is 23.4 Å². The molecular formula is C20H19ClN4OS. The quantitative estimate of drug-likeness (QED) is 0.508. The summed E-state index contributed by atoms with van der Waals surface area (Å²) in [7, 11) is 0. The molecule has 1 heterocycles. The summed E-state index contributed by atoms with van der Waals surface area (Å²) in [6, 6.07) is 17.2. The zero-order valence-electron chi connectivity index (χ0n) is 15.1. The van der Waals surface area contributed by atoms with Crippen molar-refractivity contribution in [3.63, 3.8) is 0 Å². The molecule has 1 unspecified atom stereocenters. The highest BCUT2D eigenvalue weighted by Crippen LogP contribution is 2.30. The molecule has 7 heteroatoms. The van der Waals surface area contributed by atoms with E-state index in [9.17, 15) is 5.26 Å². The predicted octanol–water partition coefficient (Wildman–Crippen LogP) is 5.26. The van der Waals surface area contributed by atoms with Crippen LogP contribution in [0.25, 0.3) is 0 Å². The molecule has 0 amide bonds. The van der Waals surface area contributed by atoms with Gasteiger partial charge < -0.3 is 9.30 Å². The number of halogens is 1. The molecule has 0 fully saturated rings. The smallest absolute Gasteiger partial charge is 0.191 e. The number of hydrogen-bond donors (Lipinski definition) is 0. The molecule has 2 aromatic carbocycles. The second-order valence-corrected chi connectivity index (χ2v) is 7.18. The van der Waals surface area contributed by atoms with Crippen LogP contribution in [-0.2, 0) is 12.3 Å². The maximum absolute atomic E-state index is 9.24. The number of para-hydroxylation sites is 1. The van der Waals surface area contributed by atoms with Crippen LogP contribution in [0, 0.1) is 11.3 Å². The van der Waals surface area contributed by atoms with Gasteiger partial charge in [-0.05, 0) is 37.6 Å². The van der Waals surface area contributed by atoms with Crippen molar-refractivity contribution in [3.8, 4) is 11.8 Å². The molecule has 3 aromatic rings. The van der Waals surface area contributed by atoms with Gasteiger partial charge in [-0.3, -0.25) is 0 Å². The SMILES string of the molecule is CCn1c(SCc2ccccc2C#N)nnc1C(C)Oc1ccccc1Cl. The number of ether oxygens (including phenoxy) is 1. The number of aromatic nitrogens is 3. The van der Waals surface area contributed by atoms with Crippen LogP contribution in [0.5, 0.6) is 5.75 Å². The number of nitriles is 1. The Morgan fingerprint density at radius 3 is 2.67 bits per heavy atom. The summed E-state index contributed by atoms with van der Waals surface area (Å²) in [5, 5.41) is 19.3. The Morgan fingerprint density at radius 2 is 1.93 bits per heavy atom. The van der Waals surface area contributed by atoms with E-state index in [1.165, 1.54) is 0 Å². The van der Waals surface area contributed by atoms with Gasteiger partial charge in [-0.2, -0.15) is 5.26 Å². The average molecular weight is 399 g/mol. The van der Waals surface area contributed by atoms with Crippen LogP contribution in [0.4, 0.5) is 0 Å². The van der Waals surface area contributed by atoms with Gasteiger partial charge in [-0.25, -0.2) is 0 Å².